The highest BCUT2D eigenvalue weighted by molar-refractivity contribution is 9.10. The number of rotatable bonds is 3. The van der Waals surface area contributed by atoms with Crippen molar-refractivity contribution in [2.24, 2.45) is 0 Å². The second-order valence-electron chi connectivity index (χ2n) is 5.42. The molecule has 1 N–H and O–H groups in total. The number of hydrogen-bond donors (Lipinski definition) is 1. The summed E-state index contributed by atoms with van der Waals surface area (Å²) >= 11 is 3.44. The molecule has 1 aliphatic heterocycles. The minimum atomic E-state index is -3.56. The van der Waals surface area contributed by atoms with Gasteiger partial charge in [-0.3, -0.25) is 4.72 Å². The van der Waals surface area contributed by atoms with Crippen molar-refractivity contribution < 1.29 is 16.8 Å². The molecule has 0 saturated carbocycles. The van der Waals surface area contributed by atoms with Crippen molar-refractivity contribution >= 4 is 41.5 Å². The summed E-state index contributed by atoms with van der Waals surface area (Å²) in [4.78, 5) is 0. The molecule has 0 aliphatic carbocycles. The average Bonchev–Trinajstić information content (AvgIpc) is 2.34. The number of hydrogen-bond acceptors (Lipinski definition) is 4. The molecule has 1 fully saturated rings. The zero-order valence-corrected chi connectivity index (χ0v) is 15.1. The van der Waals surface area contributed by atoms with Gasteiger partial charge in [0.05, 0.1) is 16.8 Å². The van der Waals surface area contributed by atoms with Crippen LogP contribution in [0, 0.1) is 13.8 Å². The number of anilines is 1. The molecule has 2 rings (SSSR count). The Kier molecular flexibility index (Phi) is 4.70. The molecule has 0 amide bonds. The maximum atomic E-state index is 12.4. The molecular formula is C13H18BrNO4S2. The Hall–Kier alpha value is -0.600. The highest BCUT2D eigenvalue weighted by atomic mass is 79.9. The summed E-state index contributed by atoms with van der Waals surface area (Å²) in [5.74, 6) is -0.117. The van der Waals surface area contributed by atoms with Gasteiger partial charge in [-0.15, -0.1) is 0 Å². The van der Waals surface area contributed by atoms with E-state index in [1.807, 2.05) is 13.8 Å². The van der Waals surface area contributed by atoms with Gasteiger partial charge >= 0.3 is 0 Å². The fourth-order valence-corrected chi connectivity index (χ4v) is 5.92. The molecule has 0 aromatic heterocycles. The third kappa shape index (κ3) is 3.98. The molecule has 8 heteroatoms. The summed E-state index contributed by atoms with van der Waals surface area (Å²) in [5, 5.41) is -0.648. The van der Waals surface area contributed by atoms with Gasteiger partial charge in [0.2, 0.25) is 10.0 Å². The topological polar surface area (TPSA) is 80.3 Å². The van der Waals surface area contributed by atoms with Crippen molar-refractivity contribution in [1.82, 2.24) is 0 Å². The Bertz CT molecular complexity index is 719. The summed E-state index contributed by atoms with van der Waals surface area (Å²) in [5.41, 5.74) is 2.40. The lowest BCUT2D eigenvalue weighted by molar-refractivity contribution is 0.555. The molecule has 1 saturated heterocycles. The van der Waals surface area contributed by atoms with Crippen molar-refractivity contribution in [3.63, 3.8) is 0 Å². The van der Waals surface area contributed by atoms with Crippen LogP contribution in [0.15, 0.2) is 16.6 Å². The smallest absolute Gasteiger partial charge is 0.235 e. The number of sulfone groups is 1. The van der Waals surface area contributed by atoms with Crippen LogP contribution in [0.5, 0.6) is 0 Å². The Morgan fingerprint density at radius 1 is 1.14 bits per heavy atom. The van der Waals surface area contributed by atoms with E-state index in [0.717, 1.165) is 15.6 Å². The molecular weight excluding hydrogens is 378 g/mol. The minimum absolute atomic E-state index is 0.0586. The van der Waals surface area contributed by atoms with Gasteiger partial charge in [-0.05, 0) is 49.9 Å². The van der Waals surface area contributed by atoms with Crippen molar-refractivity contribution in [3.8, 4) is 0 Å². The molecule has 1 heterocycles. The lowest BCUT2D eigenvalue weighted by Gasteiger charge is -2.23. The molecule has 0 radical (unpaired) electrons. The van der Waals surface area contributed by atoms with E-state index < -0.39 is 25.1 Å². The molecule has 21 heavy (non-hydrogen) atoms. The number of benzene rings is 1. The summed E-state index contributed by atoms with van der Waals surface area (Å²) in [6.07, 6.45) is 0.318. The summed E-state index contributed by atoms with van der Waals surface area (Å²) in [6.45, 7) is 3.78. The van der Waals surface area contributed by atoms with E-state index in [9.17, 15) is 16.8 Å². The standard InChI is InChI=1S/C13H18BrNO4S2/c1-9-7-11(8-10(2)13(9)14)15-21(18,19)12-3-5-20(16,17)6-4-12/h7-8,12,15H,3-6H2,1-2H3. The zero-order chi connectivity index (χ0) is 15.8. The zero-order valence-electron chi connectivity index (χ0n) is 11.9. The van der Waals surface area contributed by atoms with Crippen LogP contribution in [0.2, 0.25) is 0 Å². The maximum absolute atomic E-state index is 12.4. The maximum Gasteiger partial charge on any atom is 0.235 e. The van der Waals surface area contributed by atoms with Crippen molar-refractivity contribution in [2.45, 2.75) is 31.9 Å². The monoisotopic (exact) mass is 395 g/mol. The van der Waals surface area contributed by atoms with Crippen LogP contribution >= 0.6 is 15.9 Å². The first-order valence-corrected chi connectivity index (χ1v) is 10.8. The molecule has 5 nitrogen and oxygen atoms in total. The SMILES string of the molecule is Cc1cc(NS(=O)(=O)C2CCS(=O)(=O)CC2)cc(C)c1Br. The Labute approximate surface area is 134 Å². The number of sulfonamides is 1. The largest absolute Gasteiger partial charge is 0.283 e. The number of halogens is 1. The van der Waals surface area contributed by atoms with Gasteiger partial charge in [-0.2, -0.15) is 0 Å². The molecule has 1 aromatic rings. The second kappa shape index (κ2) is 5.89. The van der Waals surface area contributed by atoms with Crippen LogP contribution in [-0.2, 0) is 19.9 Å². The van der Waals surface area contributed by atoms with Gasteiger partial charge in [-0.25, -0.2) is 16.8 Å². The molecule has 0 bridgehead atoms. The summed E-state index contributed by atoms with van der Waals surface area (Å²) in [7, 11) is -6.63. The van der Waals surface area contributed by atoms with E-state index in [1.165, 1.54) is 0 Å². The van der Waals surface area contributed by atoms with Crippen molar-refractivity contribution in [1.29, 1.82) is 0 Å². The van der Waals surface area contributed by atoms with Gasteiger partial charge in [0, 0.05) is 10.2 Å². The van der Waals surface area contributed by atoms with Crippen molar-refractivity contribution in [3.05, 3.63) is 27.7 Å². The van der Waals surface area contributed by atoms with Crippen LogP contribution in [0.4, 0.5) is 5.69 Å². The Morgan fingerprint density at radius 2 is 1.62 bits per heavy atom. The van der Waals surface area contributed by atoms with Crippen LogP contribution in [0.1, 0.15) is 24.0 Å². The van der Waals surface area contributed by atoms with Crippen LogP contribution in [0.25, 0.3) is 0 Å². The van der Waals surface area contributed by atoms with E-state index in [-0.39, 0.29) is 24.3 Å². The predicted octanol–water partition coefficient (Wildman–Crippen LogP) is 2.38. The van der Waals surface area contributed by atoms with E-state index in [1.54, 1.807) is 12.1 Å². The summed E-state index contributed by atoms with van der Waals surface area (Å²) in [6, 6.07) is 3.52. The molecule has 118 valence electrons. The number of nitrogens with one attached hydrogen (secondary N) is 1. The van der Waals surface area contributed by atoms with E-state index in [0.29, 0.717) is 5.69 Å². The van der Waals surface area contributed by atoms with E-state index in [4.69, 9.17) is 0 Å². The second-order valence-corrected chi connectivity index (χ2v) is 10.5. The Morgan fingerprint density at radius 3 is 2.10 bits per heavy atom. The van der Waals surface area contributed by atoms with Crippen LogP contribution < -0.4 is 4.72 Å². The molecule has 1 aromatic carbocycles. The highest BCUT2D eigenvalue weighted by Gasteiger charge is 2.32. The van der Waals surface area contributed by atoms with Gasteiger partial charge < -0.3 is 0 Å². The summed E-state index contributed by atoms with van der Waals surface area (Å²) < 4.78 is 51.0. The molecule has 1 aliphatic rings. The van der Waals surface area contributed by atoms with E-state index >= 15 is 0 Å². The lowest BCUT2D eigenvalue weighted by atomic mass is 10.1. The van der Waals surface area contributed by atoms with Gasteiger partial charge in [0.1, 0.15) is 9.84 Å². The normalized spacial score (nSPS) is 19.4. The molecule has 0 spiro atoms. The van der Waals surface area contributed by atoms with Crippen molar-refractivity contribution in [2.75, 3.05) is 16.2 Å². The Balaban J connectivity index is 2.19. The van der Waals surface area contributed by atoms with Gasteiger partial charge in [0.15, 0.2) is 0 Å². The fraction of sp³-hybridized carbons (Fsp3) is 0.538. The first kappa shape index (κ1) is 16.8. The number of aryl methyl sites for hydroxylation is 2. The quantitative estimate of drug-likeness (QED) is 0.851. The third-order valence-electron chi connectivity index (χ3n) is 3.64. The van der Waals surface area contributed by atoms with Crippen LogP contribution in [-0.4, -0.2) is 33.6 Å². The lowest BCUT2D eigenvalue weighted by Crippen LogP contribution is -2.36. The minimum Gasteiger partial charge on any atom is -0.283 e. The highest BCUT2D eigenvalue weighted by Crippen LogP contribution is 2.27. The average molecular weight is 396 g/mol. The fourth-order valence-electron chi connectivity index (χ4n) is 2.43. The first-order valence-electron chi connectivity index (χ1n) is 6.59. The van der Waals surface area contributed by atoms with E-state index in [2.05, 4.69) is 20.7 Å². The van der Waals surface area contributed by atoms with Gasteiger partial charge in [0.25, 0.3) is 0 Å². The predicted molar refractivity (Wildman–Crippen MR) is 87.8 cm³/mol. The van der Waals surface area contributed by atoms with Gasteiger partial charge in [-0.1, -0.05) is 15.9 Å². The molecule has 0 unspecified atom stereocenters. The third-order valence-corrected chi connectivity index (χ3v) is 8.47. The first-order chi connectivity index (χ1) is 9.61. The molecule has 0 atom stereocenters. The van der Waals surface area contributed by atoms with Crippen LogP contribution in [0.3, 0.4) is 0 Å².